The molecule has 0 saturated carbocycles. The highest BCUT2D eigenvalue weighted by atomic mass is 32.1. The average molecular weight is 439 g/mol. The number of rotatable bonds is 5. The van der Waals surface area contributed by atoms with Gasteiger partial charge in [-0.3, -0.25) is 10.1 Å². The first-order valence-electron chi connectivity index (χ1n) is 9.09. The second kappa shape index (κ2) is 8.56. The molecule has 2 heterocycles. The lowest BCUT2D eigenvalue weighted by atomic mass is 10.2. The Balaban J connectivity index is 1.42. The number of ether oxygens (including phenoxy) is 1. The number of thiocarbonyl (C=S) groups is 1. The van der Waals surface area contributed by atoms with Crippen molar-refractivity contribution in [2.24, 2.45) is 0 Å². The predicted octanol–water partition coefficient (Wildman–Crippen LogP) is 3.36. The molecule has 0 aliphatic heterocycles. The molecule has 0 radical (unpaired) electrons. The third-order valence-electron chi connectivity index (χ3n) is 4.26. The van der Waals surface area contributed by atoms with E-state index in [1.807, 2.05) is 62.4 Å². The van der Waals surface area contributed by atoms with Crippen LogP contribution in [0, 0.1) is 13.8 Å². The van der Waals surface area contributed by atoms with Gasteiger partial charge in [0.15, 0.2) is 17.5 Å². The van der Waals surface area contributed by atoms with Crippen molar-refractivity contribution in [2.45, 2.75) is 13.8 Å². The molecule has 2 N–H and O–H groups in total. The molecule has 0 saturated heterocycles. The Bertz CT molecular complexity index is 1230. The topological polar surface area (TPSA) is 93.4 Å². The highest BCUT2D eigenvalue weighted by Crippen LogP contribution is 2.31. The smallest absolute Gasteiger partial charge is 0.264 e. The largest absolute Gasteiger partial charge is 0.483 e. The lowest BCUT2D eigenvalue weighted by Crippen LogP contribution is -2.37. The van der Waals surface area contributed by atoms with E-state index < -0.39 is 0 Å². The molecule has 30 heavy (non-hydrogen) atoms. The summed E-state index contributed by atoms with van der Waals surface area (Å²) in [6.07, 6.45) is 0. The number of carbonyl (C=O) groups excluding carboxylic acids is 1. The van der Waals surface area contributed by atoms with Gasteiger partial charge in [-0.2, -0.15) is 9.61 Å². The maximum absolute atomic E-state index is 12.2. The number of anilines is 1. The third-order valence-corrected chi connectivity index (χ3v) is 5.39. The van der Waals surface area contributed by atoms with Gasteiger partial charge >= 0.3 is 0 Å². The zero-order valence-corrected chi connectivity index (χ0v) is 17.9. The summed E-state index contributed by atoms with van der Waals surface area (Å²) in [7, 11) is 0. The molecule has 2 aromatic carbocycles. The maximum Gasteiger partial charge on any atom is 0.264 e. The lowest BCUT2D eigenvalue weighted by Gasteiger charge is -2.13. The van der Waals surface area contributed by atoms with Crippen LogP contribution in [-0.2, 0) is 4.79 Å². The number of hydrogen-bond donors (Lipinski definition) is 2. The second-order valence-corrected chi connectivity index (χ2v) is 7.82. The Morgan fingerprint density at radius 3 is 2.70 bits per heavy atom. The van der Waals surface area contributed by atoms with Crippen LogP contribution in [0.5, 0.6) is 5.75 Å². The van der Waals surface area contributed by atoms with E-state index in [0.29, 0.717) is 10.7 Å². The molecule has 0 bridgehead atoms. The number of nitrogens with one attached hydrogen (secondary N) is 2. The van der Waals surface area contributed by atoms with Gasteiger partial charge in [-0.1, -0.05) is 41.7 Å². The summed E-state index contributed by atoms with van der Waals surface area (Å²) < 4.78 is 7.25. The molecule has 0 aliphatic rings. The molecule has 0 aliphatic carbocycles. The minimum Gasteiger partial charge on any atom is -0.483 e. The van der Waals surface area contributed by atoms with E-state index in [4.69, 9.17) is 17.0 Å². The number of para-hydroxylation sites is 2. The highest BCUT2D eigenvalue weighted by Gasteiger charge is 2.15. The van der Waals surface area contributed by atoms with Crippen molar-refractivity contribution in [1.82, 2.24) is 25.1 Å². The molecule has 152 valence electrons. The highest BCUT2D eigenvalue weighted by molar-refractivity contribution is 7.80. The molecule has 10 heteroatoms. The van der Waals surface area contributed by atoms with Crippen LogP contribution in [0.3, 0.4) is 0 Å². The van der Waals surface area contributed by atoms with Gasteiger partial charge in [0.05, 0.1) is 5.69 Å². The van der Waals surface area contributed by atoms with Crippen LogP contribution in [0.15, 0.2) is 48.5 Å². The number of nitrogens with zero attached hydrogens (tertiary/aromatic N) is 4. The monoisotopic (exact) mass is 438 g/mol. The fraction of sp³-hybridized carbons (Fsp3) is 0.150. The number of carbonyl (C=O) groups is 1. The summed E-state index contributed by atoms with van der Waals surface area (Å²) in [6, 6.07) is 15.1. The van der Waals surface area contributed by atoms with Crippen LogP contribution < -0.4 is 15.4 Å². The van der Waals surface area contributed by atoms with Crippen molar-refractivity contribution in [1.29, 1.82) is 0 Å². The van der Waals surface area contributed by atoms with E-state index in [2.05, 4.69) is 25.9 Å². The van der Waals surface area contributed by atoms with Crippen molar-refractivity contribution in [3.8, 4) is 16.3 Å². The summed E-state index contributed by atoms with van der Waals surface area (Å²) in [4.78, 5) is 12.9. The van der Waals surface area contributed by atoms with Gasteiger partial charge in [-0.25, -0.2) is 0 Å². The maximum atomic E-state index is 12.2. The van der Waals surface area contributed by atoms with Crippen LogP contribution in [-0.4, -0.2) is 37.4 Å². The van der Waals surface area contributed by atoms with Crippen molar-refractivity contribution >= 4 is 45.2 Å². The van der Waals surface area contributed by atoms with Crippen molar-refractivity contribution < 1.29 is 9.53 Å². The quantitative estimate of drug-likeness (QED) is 0.462. The molecular formula is C20H18N6O2S2. The van der Waals surface area contributed by atoms with E-state index in [0.717, 1.165) is 27.6 Å². The molecule has 0 unspecified atom stereocenters. The van der Waals surface area contributed by atoms with Gasteiger partial charge < -0.3 is 10.1 Å². The molecule has 8 nitrogen and oxygen atoms in total. The first-order chi connectivity index (χ1) is 14.5. The molecular weight excluding hydrogens is 420 g/mol. The summed E-state index contributed by atoms with van der Waals surface area (Å²) >= 11 is 6.72. The van der Waals surface area contributed by atoms with Crippen molar-refractivity contribution in [3.63, 3.8) is 0 Å². The number of fused-ring (bicyclic) bond motifs is 1. The summed E-state index contributed by atoms with van der Waals surface area (Å²) in [5.41, 5.74) is 2.53. The second-order valence-electron chi connectivity index (χ2n) is 6.45. The Hall–Kier alpha value is -3.37. The number of aromatic nitrogens is 4. The number of aryl methyl sites for hydroxylation is 2. The predicted molar refractivity (Wildman–Crippen MR) is 120 cm³/mol. The molecule has 4 aromatic rings. The minimum atomic E-state index is -0.345. The number of amides is 1. The first-order valence-corrected chi connectivity index (χ1v) is 10.3. The van der Waals surface area contributed by atoms with Gasteiger partial charge in [0, 0.05) is 5.56 Å². The van der Waals surface area contributed by atoms with E-state index in [1.165, 1.54) is 11.3 Å². The Kier molecular flexibility index (Phi) is 5.68. The van der Waals surface area contributed by atoms with Gasteiger partial charge in [-0.15, -0.1) is 10.2 Å². The molecule has 0 fully saturated rings. The fourth-order valence-corrected chi connectivity index (χ4v) is 3.93. The van der Waals surface area contributed by atoms with E-state index in [-0.39, 0.29) is 17.6 Å². The fourth-order valence-electron chi connectivity index (χ4n) is 2.78. The zero-order valence-electron chi connectivity index (χ0n) is 16.2. The summed E-state index contributed by atoms with van der Waals surface area (Å²) in [5, 5.41) is 19.3. The lowest BCUT2D eigenvalue weighted by molar-refractivity contribution is -0.121. The van der Waals surface area contributed by atoms with Gasteiger partial charge in [0.25, 0.3) is 5.91 Å². The molecule has 0 atom stereocenters. The van der Waals surface area contributed by atoms with Crippen molar-refractivity contribution in [3.05, 3.63) is 59.9 Å². The number of hydrogen-bond acceptors (Lipinski definition) is 7. The Morgan fingerprint density at radius 2 is 1.90 bits per heavy atom. The normalized spacial score (nSPS) is 10.7. The zero-order chi connectivity index (χ0) is 21.1. The Morgan fingerprint density at radius 1 is 1.13 bits per heavy atom. The molecule has 4 rings (SSSR count). The van der Waals surface area contributed by atoms with E-state index in [1.54, 1.807) is 4.52 Å². The summed E-state index contributed by atoms with van der Waals surface area (Å²) in [6.45, 7) is 3.63. The van der Waals surface area contributed by atoms with Crippen LogP contribution in [0.1, 0.15) is 11.4 Å². The SMILES string of the molecule is Cc1ccccc1OCC(=O)NC(=S)Nc1ccccc1-c1nn2c(C)nnc2s1. The molecule has 1 amide bonds. The van der Waals surface area contributed by atoms with E-state index in [9.17, 15) is 4.79 Å². The first kappa shape index (κ1) is 19.9. The average Bonchev–Trinajstić information content (AvgIpc) is 3.30. The van der Waals surface area contributed by atoms with Crippen molar-refractivity contribution in [2.75, 3.05) is 11.9 Å². The van der Waals surface area contributed by atoms with Gasteiger partial charge in [-0.05, 0) is 49.8 Å². The van der Waals surface area contributed by atoms with Crippen LogP contribution in [0.2, 0.25) is 0 Å². The standard InChI is InChI=1S/C20H18N6O2S2/c1-12-7-3-6-10-16(12)28-11-17(27)22-19(29)21-15-9-5-4-8-14(15)18-25-26-13(2)23-24-20(26)30-18/h3-10H,11H2,1-2H3,(H2,21,22,27,29). The Labute approximate surface area is 181 Å². The molecule has 0 spiro atoms. The third kappa shape index (κ3) is 4.29. The van der Waals surface area contributed by atoms with Crippen LogP contribution >= 0.6 is 23.6 Å². The van der Waals surface area contributed by atoms with Gasteiger partial charge in [0.1, 0.15) is 10.8 Å². The number of benzene rings is 2. The van der Waals surface area contributed by atoms with E-state index >= 15 is 0 Å². The van der Waals surface area contributed by atoms with Crippen LogP contribution in [0.4, 0.5) is 5.69 Å². The van der Waals surface area contributed by atoms with Crippen LogP contribution in [0.25, 0.3) is 15.5 Å². The minimum absolute atomic E-state index is 0.135. The molecule has 2 aromatic heterocycles. The van der Waals surface area contributed by atoms with Gasteiger partial charge in [0.2, 0.25) is 4.96 Å². The summed E-state index contributed by atoms with van der Waals surface area (Å²) in [5.74, 6) is 1.03.